The quantitative estimate of drug-likeness (QED) is 0.880. The van der Waals surface area contributed by atoms with Crippen LogP contribution < -0.4 is 10.6 Å². The van der Waals surface area contributed by atoms with Gasteiger partial charge < -0.3 is 10.6 Å². The van der Waals surface area contributed by atoms with E-state index in [2.05, 4.69) is 33.8 Å². The Balaban J connectivity index is 1.77. The van der Waals surface area contributed by atoms with E-state index in [1.165, 1.54) is 25.9 Å². The van der Waals surface area contributed by atoms with E-state index in [1.807, 2.05) is 13.1 Å². The first-order valence-electron chi connectivity index (χ1n) is 7.37. The maximum atomic E-state index is 5.88. The van der Waals surface area contributed by atoms with Gasteiger partial charge in [-0.2, -0.15) is 0 Å². The molecule has 3 unspecified atom stereocenters. The lowest BCUT2D eigenvalue weighted by molar-refractivity contribution is 0.202. The van der Waals surface area contributed by atoms with Gasteiger partial charge >= 0.3 is 0 Å². The average molecular weight is 260 g/mol. The highest BCUT2D eigenvalue weighted by molar-refractivity contribution is 5.42. The number of nitrogens with two attached hydrogens (primary N) is 1. The molecule has 3 atom stereocenters. The number of piperazine rings is 1. The summed E-state index contributed by atoms with van der Waals surface area (Å²) in [5, 5.41) is 0. The molecule has 0 radical (unpaired) electrons. The Morgan fingerprint density at radius 1 is 1.37 bits per heavy atom. The van der Waals surface area contributed by atoms with E-state index < -0.39 is 0 Å². The number of anilines is 1. The summed E-state index contributed by atoms with van der Waals surface area (Å²) >= 11 is 0. The SMILES string of the molecule is CC(N)c1ccc(N2CC3CCCN3CC2C)nc1. The smallest absolute Gasteiger partial charge is 0.128 e. The Bertz CT molecular complexity index is 428. The number of hydrogen-bond donors (Lipinski definition) is 1. The molecule has 3 heterocycles. The summed E-state index contributed by atoms with van der Waals surface area (Å²) < 4.78 is 0. The average Bonchev–Trinajstić information content (AvgIpc) is 2.85. The Kier molecular flexibility index (Phi) is 3.46. The fraction of sp³-hybridized carbons (Fsp3) is 0.667. The summed E-state index contributed by atoms with van der Waals surface area (Å²) in [4.78, 5) is 9.71. The monoisotopic (exact) mass is 260 g/mol. The number of nitrogens with zero attached hydrogens (tertiary/aromatic N) is 3. The molecule has 0 aromatic carbocycles. The van der Waals surface area contributed by atoms with Crippen LogP contribution in [0.5, 0.6) is 0 Å². The third-order valence-corrected chi connectivity index (χ3v) is 4.53. The minimum Gasteiger partial charge on any atom is -0.351 e. The minimum atomic E-state index is 0.0608. The van der Waals surface area contributed by atoms with Gasteiger partial charge in [0.15, 0.2) is 0 Å². The lowest BCUT2D eigenvalue weighted by atomic mass is 10.1. The Morgan fingerprint density at radius 3 is 2.89 bits per heavy atom. The predicted molar refractivity (Wildman–Crippen MR) is 78.2 cm³/mol. The van der Waals surface area contributed by atoms with Crippen LogP contribution in [0.25, 0.3) is 0 Å². The van der Waals surface area contributed by atoms with Gasteiger partial charge in [-0.05, 0) is 44.9 Å². The van der Waals surface area contributed by atoms with Crippen LogP contribution in [0.15, 0.2) is 18.3 Å². The number of pyridine rings is 1. The maximum absolute atomic E-state index is 5.88. The molecule has 0 saturated carbocycles. The van der Waals surface area contributed by atoms with E-state index in [0.717, 1.165) is 24.0 Å². The van der Waals surface area contributed by atoms with Crippen molar-refractivity contribution in [3.8, 4) is 0 Å². The van der Waals surface area contributed by atoms with Crippen LogP contribution in [0.2, 0.25) is 0 Å². The predicted octanol–water partition coefficient (Wildman–Crippen LogP) is 1.77. The van der Waals surface area contributed by atoms with Gasteiger partial charge in [0.25, 0.3) is 0 Å². The zero-order valence-corrected chi connectivity index (χ0v) is 11.9. The second-order valence-corrected chi connectivity index (χ2v) is 6.03. The fourth-order valence-electron chi connectivity index (χ4n) is 3.34. The van der Waals surface area contributed by atoms with Crippen molar-refractivity contribution in [1.29, 1.82) is 0 Å². The largest absolute Gasteiger partial charge is 0.351 e. The van der Waals surface area contributed by atoms with Crippen molar-refractivity contribution in [2.75, 3.05) is 24.5 Å². The van der Waals surface area contributed by atoms with E-state index in [0.29, 0.717) is 6.04 Å². The lowest BCUT2D eigenvalue weighted by Crippen LogP contribution is -2.55. The zero-order valence-electron chi connectivity index (χ0n) is 11.9. The molecule has 4 heteroatoms. The molecule has 4 nitrogen and oxygen atoms in total. The number of aromatic nitrogens is 1. The third-order valence-electron chi connectivity index (χ3n) is 4.53. The van der Waals surface area contributed by atoms with E-state index in [-0.39, 0.29) is 6.04 Å². The molecule has 0 aliphatic carbocycles. The molecule has 104 valence electrons. The van der Waals surface area contributed by atoms with Crippen LogP contribution in [-0.4, -0.2) is 41.6 Å². The van der Waals surface area contributed by atoms with Crippen molar-refractivity contribution in [2.45, 2.75) is 44.8 Å². The number of fused-ring (bicyclic) bond motifs is 1. The van der Waals surface area contributed by atoms with Crippen LogP contribution in [0.3, 0.4) is 0 Å². The summed E-state index contributed by atoms with van der Waals surface area (Å²) in [5.41, 5.74) is 6.99. The van der Waals surface area contributed by atoms with Gasteiger partial charge in [0, 0.05) is 37.4 Å². The number of hydrogen-bond acceptors (Lipinski definition) is 4. The molecule has 2 saturated heterocycles. The van der Waals surface area contributed by atoms with Gasteiger partial charge in [-0.15, -0.1) is 0 Å². The zero-order chi connectivity index (χ0) is 13.4. The Hall–Kier alpha value is -1.13. The topological polar surface area (TPSA) is 45.4 Å². The van der Waals surface area contributed by atoms with Crippen molar-refractivity contribution in [3.63, 3.8) is 0 Å². The molecule has 0 spiro atoms. The fourth-order valence-corrected chi connectivity index (χ4v) is 3.34. The molecule has 2 aliphatic rings. The van der Waals surface area contributed by atoms with Crippen LogP contribution >= 0.6 is 0 Å². The van der Waals surface area contributed by atoms with Crippen LogP contribution in [0, 0.1) is 0 Å². The first kappa shape index (κ1) is 12.9. The summed E-state index contributed by atoms with van der Waals surface area (Å²) in [6.45, 7) is 7.86. The molecule has 2 N–H and O–H groups in total. The van der Waals surface area contributed by atoms with Gasteiger partial charge in [0.2, 0.25) is 0 Å². The molecule has 0 bridgehead atoms. The Morgan fingerprint density at radius 2 is 2.21 bits per heavy atom. The van der Waals surface area contributed by atoms with Gasteiger partial charge in [0.05, 0.1) is 0 Å². The van der Waals surface area contributed by atoms with Gasteiger partial charge in [0.1, 0.15) is 5.82 Å². The van der Waals surface area contributed by atoms with Crippen LogP contribution in [0.4, 0.5) is 5.82 Å². The van der Waals surface area contributed by atoms with Crippen molar-refractivity contribution in [1.82, 2.24) is 9.88 Å². The van der Waals surface area contributed by atoms with E-state index in [4.69, 9.17) is 5.73 Å². The molecule has 1 aromatic heterocycles. The van der Waals surface area contributed by atoms with Gasteiger partial charge in [-0.3, -0.25) is 4.90 Å². The second-order valence-electron chi connectivity index (χ2n) is 6.03. The normalized spacial score (nSPS) is 29.3. The molecule has 2 aliphatic heterocycles. The highest BCUT2D eigenvalue weighted by Gasteiger charge is 2.34. The van der Waals surface area contributed by atoms with E-state index >= 15 is 0 Å². The summed E-state index contributed by atoms with van der Waals surface area (Å²) in [5.74, 6) is 1.10. The first-order valence-corrected chi connectivity index (χ1v) is 7.37. The van der Waals surface area contributed by atoms with Crippen molar-refractivity contribution in [2.24, 2.45) is 5.73 Å². The van der Waals surface area contributed by atoms with E-state index in [1.54, 1.807) is 0 Å². The molecular formula is C15H24N4. The summed E-state index contributed by atoms with van der Waals surface area (Å²) in [6, 6.07) is 5.57. The lowest BCUT2D eigenvalue weighted by Gasteiger charge is -2.43. The minimum absolute atomic E-state index is 0.0608. The van der Waals surface area contributed by atoms with Crippen molar-refractivity contribution >= 4 is 5.82 Å². The van der Waals surface area contributed by atoms with Gasteiger partial charge in [-0.25, -0.2) is 4.98 Å². The number of rotatable bonds is 2. The maximum Gasteiger partial charge on any atom is 0.128 e. The first-order chi connectivity index (χ1) is 9.15. The third kappa shape index (κ3) is 2.47. The standard InChI is InChI=1S/C15H24N4/c1-11-9-18-7-3-4-14(18)10-19(11)15-6-5-13(8-17-15)12(2)16/h5-6,8,11-12,14H,3-4,7,9-10,16H2,1-2H3. The molecule has 19 heavy (non-hydrogen) atoms. The summed E-state index contributed by atoms with van der Waals surface area (Å²) in [6.07, 6.45) is 4.61. The van der Waals surface area contributed by atoms with Gasteiger partial charge in [-0.1, -0.05) is 6.07 Å². The van der Waals surface area contributed by atoms with Crippen LogP contribution in [0.1, 0.15) is 38.3 Å². The molecular weight excluding hydrogens is 236 g/mol. The highest BCUT2D eigenvalue weighted by Crippen LogP contribution is 2.27. The highest BCUT2D eigenvalue weighted by atomic mass is 15.3. The molecule has 0 amide bonds. The van der Waals surface area contributed by atoms with Crippen molar-refractivity contribution < 1.29 is 0 Å². The molecule has 1 aromatic rings. The second kappa shape index (κ2) is 5.10. The van der Waals surface area contributed by atoms with E-state index in [9.17, 15) is 0 Å². The molecule has 2 fully saturated rings. The van der Waals surface area contributed by atoms with Crippen molar-refractivity contribution in [3.05, 3.63) is 23.9 Å². The summed E-state index contributed by atoms with van der Waals surface area (Å²) in [7, 11) is 0. The molecule has 3 rings (SSSR count). The van der Waals surface area contributed by atoms with Crippen LogP contribution in [-0.2, 0) is 0 Å². The Labute approximate surface area is 115 Å².